The Hall–Kier alpha value is 0.01000. The van der Waals surface area contributed by atoms with Crippen LogP contribution in [-0.4, -0.2) is 31.0 Å². The third-order valence-electron chi connectivity index (χ3n) is 1.80. The van der Waals surface area contributed by atoms with Crippen molar-refractivity contribution in [2.24, 2.45) is 0 Å². The molecule has 58 valence electrons. The van der Waals surface area contributed by atoms with E-state index in [4.69, 9.17) is 12.2 Å². The van der Waals surface area contributed by atoms with E-state index < -0.39 is 0 Å². The zero-order valence-corrected chi connectivity index (χ0v) is 7.13. The summed E-state index contributed by atoms with van der Waals surface area (Å²) in [4.78, 5) is 1.18. The van der Waals surface area contributed by atoms with E-state index in [1.165, 1.54) is 11.3 Å². The van der Waals surface area contributed by atoms with Crippen molar-refractivity contribution in [3.63, 3.8) is 0 Å². The van der Waals surface area contributed by atoms with Crippen molar-refractivity contribution in [1.82, 2.24) is 10.6 Å². The minimum atomic E-state index is 0.639. The molecule has 2 N–H and O–H groups in total. The van der Waals surface area contributed by atoms with Crippen LogP contribution in [0.2, 0.25) is 0 Å². The Labute approximate surface area is 67.4 Å². The molecule has 10 heavy (non-hydrogen) atoms. The molecule has 1 unspecified atom stereocenters. The second-order valence-electron chi connectivity index (χ2n) is 2.71. The van der Waals surface area contributed by atoms with E-state index in [2.05, 4.69) is 10.6 Å². The predicted octanol–water partition coefficient (Wildman–Crippen LogP) is 0.328. The van der Waals surface area contributed by atoms with Gasteiger partial charge in [-0.3, -0.25) is 0 Å². The second kappa shape index (κ2) is 4.01. The highest BCUT2D eigenvalue weighted by Crippen LogP contribution is 2.05. The summed E-state index contributed by atoms with van der Waals surface area (Å²) in [5.41, 5.74) is 0. The van der Waals surface area contributed by atoms with Crippen molar-refractivity contribution >= 4 is 17.1 Å². The molecule has 2 nitrogen and oxygen atoms in total. The smallest absolute Gasteiger partial charge is 0.0272 e. The Morgan fingerprint density at radius 1 is 1.80 bits per heavy atom. The van der Waals surface area contributed by atoms with Gasteiger partial charge in [0.05, 0.1) is 0 Å². The van der Waals surface area contributed by atoms with Crippen molar-refractivity contribution < 1.29 is 0 Å². The van der Waals surface area contributed by atoms with Crippen molar-refractivity contribution in [3.8, 4) is 0 Å². The number of thiocarbonyl (C=S) groups is 1. The Morgan fingerprint density at radius 2 is 2.60 bits per heavy atom. The van der Waals surface area contributed by atoms with Crippen molar-refractivity contribution in [1.29, 1.82) is 0 Å². The van der Waals surface area contributed by atoms with Crippen LogP contribution >= 0.6 is 12.2 Å². The molecule has 0 aromatic carbocycles. The first kappa shape index (κ1) is 8.11. The van der Waals surface area contributed by atoms with Gasteiger partial charge in [0.1, 0.15) is 0 Å². The van der Waals surface area contributed by atoms with Crippen LogP contribution in [0.4, 0.5) is 0 Å². The number of rotatable bonds is 3. The third-order valence-corrected chi connectivity index (χ3v) is 2.12. The molecular weight excluding hydrogens is 144 g/mol. The average molecular weight is 158 g/mol. The fourth-order valence-corrected chi connectivity index (χ4v) is 1.48. The molecule has 1 atom stereocenters. The van der Waals surface area contributed by atoms with E-state index in [0.717, 1.165) is 19.5 Å². The summed E-state index contributed by atoms with van der Waals surface area (Å²) in [7, 11) is 1.98. The molecule has 1 rings (SSSR count). The summed E-state index contributed by atoms with van der Waals surface area (Å²) in [6.07, 6.45) is 2.29. The normalized spacial score (nSPS) is 25.7. The molecule has 0 saturated carbocycles. The Balaban J connectivity index is 2.12. The maximum absolute atomic E-state index is 5.06. The molecular formula is C7H14N2S. The molecule has 0 spiro atoms. The van der Waals surface area contributed by atoms with Gasteiger partial charge in [-0.15, -0.1) is 0 Å². The van der Waals surface area contributed by atoms with Gasteiger partial charge in [0, 0.05) is 17.5 Å². The zero-order valence-electron chi connectivity index (χ0n) is 6.31. The van der Waals surface area contributed by atoms with Crippen molar-refractivity contribution in [2.45, 2.75) is 18.9 Å². The van der Waals surface area contributed by atoms with Gasteiger partial charge in [-0.05, 0) is 26.4 Å². The zero-order chi connectivity index (χ0) is 7.40. The highest BCUT2D eigenvalue weighted by Gasteiger charge is 2.16. The number of hydrogen-bond acceptors (Lipinski definition) is 3. The lowest BCUT2D eigenvalue weighted by Gasteiger charge is -2.07. The van der Waals surface area contributed by atoms with Gasteiger partial charge in [-0.25, -0.2) is 0 Å². The first-order valence-electron chi connectivity index (χ1n) is 3.72. The molecule has 0 radical (unpaired) electrons. The summed E-state index contributed by atoms with van der Waals surface area (Å²) in [6.45, 7) is 2.03. The summed E-state index contributed by atoms with van der Waals surface area (Å²) in [5.74, 6) is 0. The molecule has 0 aromatic heterocycles. The minimum absolute atomic E-state index is 0.639. The lowest BCUT2D eigenvalue weighted by Crippen LogP contribution is -2.25. The lowest BCUT2D eigenvalue weighted by molar-refractivity contribution is 0.546. The van der Waals surface area contributed by atoms with Crippen LogP contribution in [0.25, 0.3) is 0 Å². The molecule has 1 aliphatic heterocycles. The van der Waals surface area contributed by atoms with Crippen LogP contribution < -0.4 is 10.6 Å². The summed E-state index contributed by atoms with van der Waals surface area (Å²) in [5, 5.41) is 6.49. The molecule has 3 heteroatoms. The molecule has 1 saturated heterocycles. The highest BCUT2D eigenvalue weighted by molar-refractivity contribution is 7.80. The largest absolute Gasteiger partial charge is 0.320 e. The molecule has 0 bridgehead atoms. The Kier molecular flexibility index (Phi) is 3.25. The summed E-state index contributed by atoms with van der Waals surface area (Å²) >= 11 is 5.06. The van der Waals surface area contributed by atoms with Crippen LogP contribution in [0, 0.1) is 0 Å². The topological polar surface area (TPSA) is 24.1 Å². The Bertz CT molecular complexity index is 125. The Morgan fingerprint density at radius 3 is 3.10 bits per heavy atom. The van der Waals surface area contributed by atoms with E-state index in [0.29, 0.717) is 6.04 Å². The molecule has 1 fully saturated rings. The lowest BCUT2D eigenvalue weighted by atomic mass is 10.1. The predicted molar refractivity (Wildman–Crippen MR) is 47.5 cm³/mol. The average Bonchev–Trinajstić information content (AvgIpc) is 2.31. The van der Waals surface area contributed by atoms with Gasteiger partial charge in [0.15, 0.2) is 0 Å². The van der Waals surface area contributed by atoms with Crippen molar-refractivity contribution in [2.75, 3.05) is 20.1 Å². The van der Waals surface area contributed by atoms with E-state index in [9.17, 15) is 0 Å². The van der Waals surface area contributed by atoms with Gasteiger partial charge in [0.2, 0.25) is 0 Å². The maximum Gasteiger partial charge on any atom is 0.0272 e. The summed E-state index contributed by atoms with van der Waals surface area (Å²) in [6, 6.07) is 0.639. The van der Waals surface area contributed by atoms with Gasteiger partial charge in [-0.2, -0.15) is 0 Å². The quantitative estimate of drug-likeness (QED) is 0.579. The SMILES string of the molecule is CNCCC1CC(=S)CN1. The first-order chi connectivity index (χ1) is 4.83. The van der Waals surface area contributed by atoms with Crippen LogP contribution in [0.15, 0.2) is 0 Å². The summed E-state index contributed by atoms with van der Waals surface area (Å²) < 4.78 is 0. The van der Waals surface area contributed by atoms with Crippen LogP contribution in [0.1, 0.15) is 12.8 Å². The second-order valence-corrected chi connectivity index (χ2v) is 3.29. The number of nitrogens with one attached hydrogen (secondary N) is 2. The molecule has 1 aliphatic rings. The van der Waals surface area contributed by atoms with Gasteiger partial charge in [0.25, 0.3) is 0 Å². The molecule has 0 aliphatic carbocycles. The molecule has 1 heterocycles. The van der Waals surface area contributed by atoms with Gasteiger partial charge in [-0.1, -0.05) is 12.2 Å². The van der Waals surface area contributed by atoms with E-state index in [-0.39, 0.29) is 0 Å². The first-order valence-corrected chi connectivity index (χ1v) is 4.13. The minimum Gasteiger partial charge on any atom is -0.320 e. The third kappa shape index (κ3) is 2.33. The number of hydrogen-bond donors (Lipinski definition) is 2. The monoisotopic (exact) mass is 158 g/mol. The van der Waals surface area contributed by atoms with Crippen molar-refractivity contribution in [3.05, 3.63) is 0 Å². The van der Waals surface area contributed by atoms with Crippen LogP contribution in [0.3, 0.4) is 0 Å². The molecule has 0 amide bonds. The molecule has 0 aromatic rings. The van der Waals surface area contributed by atoms with Crippen LogP contribution in [-0.2, 0) is 0 Å². The standard InChI is InChI=1S/C7H14N2S/c1-8-3-2-6-4-7(10)5-9-6/h6,8-9H,2-5H2,1H3. The van der Waals surface area contributed by atoms with E-state index in [1.54, 1.807) is 0 Å². The van der Waals surface area contributed by atoms with Gasteiger partial charge < -0.3 is 10.6 Å². The maximum atomic E-state index is 5.06. The van der Waals surface area contributed by atoms with Crippen LogP contribution in [0.5, 0.6) is 0 Å². The van der Waals surface area contributed by atoms with Gasteiger partial charge >= 0.3 is 0 Å². The fraction of sp³-hybridized carbons (Fsp3) is 0.857. The van der Waals surface area contributed by atoms with E-state index in [1.807, 2.05) is 7.05 Å². The fourth-order valence-electron chi connectivity index (χ4n) is 1.20. The highest BCUT2D eigenvalue weighted by atomic mass is 32.1. The van der Waals surface area contributed by atoms with E-state index >= 15 is 0 Å².